The number of hydrogen-bond acceptors (Lipinski definition) is 3. The first-order chi connectivity index (χ1) is 9.07. The van der Waals surface area contributed by atoms with E-state index in [0.29, 0.717) is 17.1 Å². The number of nitrogens with zero attached hydrogens (tertiary/aromatic N) is 1. The molecule has 2 nitrogen and oxygen atoms in total. The molecule has 0 radical (unpaired) electrons. The van der Waals surface area contributed by atoms with Gasteiger partial charge >= 0.3 is 0 Å². The molecule has 0 atom stereocenters. The molecule has 0 aromatic carbocycles. The lowest BCUT2D eigenvalue weighted by atomic mass is 10.1. The monoisotopic (exact) mass is 297 g/mol. The minimum atomic E-state index is 0.325. The Morgan fingerprint density at radius 1 is 1.42 bits per heavy atom. The van der Waals surface area contributed by atoms with Gasteiger partial charge in [0, 0.05) is 34.9 Å². The van der Waals surface area contributed by atoms with E-state index < -0.39 is 0 Å². The Balaban J connectivity index is 1.73. The molecule has 0 saturated carbocycles. The Morgan fingerprint density at radius 2 is 2.26 bits per heavy atom. The lowest BCUT2D eigenvalue weighted by molar-refractivity contribution is -0.131. The molecule has 1 saturated heterocycles. The maximum Gasteiger partial charge on any atom is 0.222 e. The number of hydrogen-bond donors (Lipinski definition) is 0. The standard InChI is InChI=1S/C15H23NOS2/c1-15(2)8-9-16(10-12-19-15)14(17)7-3-5-13-6-4-11-18-13/h4,6,11H,3,5,7-10,12H2,1-2H3. The van der Waals surface area contributed by atoms with Gasteiger partial charge in [-0.25, -0.2) is 0 Å². The zero-order valence-electron chi connectivity index (χ0n) is 11.9. The summed E-state index contributed by atoms with van der Waals surface area (Å²) < 4.78 is 0.325. The van der Waals surface area contributed by atoms with E-state index in [4.69, 9.17) is 0 Å². The van der Waals surface area contributed by atoms with Crippen LogP contribution in [-0.4, -0.2) is 34.4 Å². The highest BCUT2D eigenvalue weighted by Crippen LogP contribution is 2.30. The third kappa shape index (κ3) is 4.84. The predicted octanol–water partition coefficient (Wildman–Crippen LogP) is 3.81. The number of thiophene rings is 1. The Morgan fingerprint density at radius 3 is 3.00 bits per heavy atom. The third-order valence-electron chi connectivity index (χ3n) is 3.58. The number of carbonyl (C=O) groups is 1. The molecule has 0 N–H and O–H groups in total. The van der Waals surface area contributed by atoms with E-state index >= 15 is 0 Å². The first-order valence-electron chi connectivity index (χ1n) is 7.01. The molecular formula is C15H23NOS2. The molecule has 1 aliphatic heterocycles. The summed E-state index contributed by atoms with van der Waals surface area (Å²) >= 11 is 3.78. The van der Waals surface area contributed by atoms with Crippen molar-refractivity contribution in [3.05, 3.63) is 22.4 Å². The number of aryl methyl sites for hydroxylation is 1. The molecule has 0 spiro atoms. The van der Waals surface area contributed by atoms with Gasteiger partial charge in [0.2, 0.25) is 5.91 Å². The highest BCUT2D eigenvalue weighted by Gasteiger charge is 2.25. The van der Waals surface area contributed by atoms with Crippen LogP contribution in [0.5, 0.6) is 0 Å². The number of rotatable bonds is 4. The van der Waals surface area contributed by atoms with Gasteiger partial charge in [0.15, 0.2) is 0 Å². The fraction of sp³-hybridized carbons (Fsp3) is 0.667. The van der Waals surface area contributed by atoms with Crippen molar-refractivity contribution in [2.45, 2.75) is 44.3 Å². The van der Waals surface area contributed by atoms with Gasteiger partial charge in [0.25, 0.3) is 0 Å². The van der Waals surface area contributed by atoms with Crippen molar-refractivity contribution in [2.75, 3.05) is 18.8 Å². The van der Waals surface area contributed by atoms with Crippen LogP contribution in [0.25, 0.3) is 0 Å². The van der Waals surface area contributed by atoms with Crippen molar-refractivity contribution < 1.29 is 4.79 Å². The normalized spacial score (nSPS) is 19.2. The van der Waals surface area contributed by atoms with E-state index in [9.17, 15) is 4.79 Å². The van der Waals surface area contributed by atoms with Crippen molar-refractivity contribution in [1.82, 2.24) is 4.90 Å². The zero-order chi connectivity index (χ0) is 13.7. The zero-order valence-corrected chi connectivity index (χ0v) is 13.5. The van der Waals surface area contributed by atoms with Gasteiger partial charge in [0.1, 0.15) is 0 Å². The van der Waals surface area contributed by atoms with Gasteiger partial charge in [-0.05, 0) is 30.7 Å². The first-order valence-corrected chi connectivity index (χ1v) is 8.87. The third-order valence-corrected chi connectivity index (χ3v) is 5.89. The van der Waals surface area contributed by atoms with Crippen molar-refractivity contribution in [1.29, 1.82) is 0 Å². The summed E-state index contributed by atoms with van der Waals surface area (Å²) in [6.45, 7) is 6.41. The van der Waals surface area contributed by atoms with Crippen LogP contribution in [0.2, 0.25) is 0 Å². The van der Waals surface area contributed by atoms with Crippen LogP contribution in [0.3, 0.4) is 0 Å². The van der Waals surface area contributed by atoms with E-state index in [0.717, 1.165) is 38.1 Å². The summed E-state index contributed by atoms with van der Waals surface area (Å²) in [5.41, 5.74) is 0. The van der Waals surface area contributed by atoms with Gasteiger partial charge in [-0.15, -0.1) is 11.3 Å². The van der Waals surface area contributed by atoms with Crippen LogP contribution >= 0.6 is 23.1 Å². The summed E-state index contributed by atoms with van der Waals surface area (Å²) in [6.07, 6.45) is 3.82. The molecule has 106 valence electrons. The average Bonchev–Trinajstić information content (AvgIpc) is 2.79. The Hall–Kier alpha value is -0.480. The minimum Gasteiger partial charge on any atom is -0.342 e. The lowest BCUT2D eigenvalue weighted by Crippen LogP contribution is -2.33. The summed E-state index contributed by atoms with van der Waals surface area (Å²) in [5.74, 6) is 1.42. The smallest absolute Gasteiger partial charge is 0.222 e. The molecule has 19 heavy (non-hydrogen) atoms. The van der Waals surface area contributed by atoms with E-state index in [1.165, 1.54) is 4.88 Å². The minimum absolute atomic E-state index is 0.325. The Labute approximate surface area is 124 Å². The van der Waals surface area contributed by atoms with E-state index in [-0.39, 0.29) is 0 Å². The largest absolute Gasteiger partial charge is 0.342 e. The molecule has 1 aromatic rings. The number of thioether (sulfide) groups is 1. The van der Waals surface area contributed by atoms with E-state index in [1.807, 2.05) is 11.8 Å². The van der Waals surface area contributed by atoms with Crippen molar-refractivity contribution in [2.24, 2.45) is 0 Å². The molecule has 0 aliphatic carbocycles. The second-order valence-corrected chi connectivity index (χ2v) is 8.51. The summed E-state index contributed by atoms with van der Waals surface area (Å²) in [5, 5.41) is 2.10. The maximum atomic E-state index is 12.2. The molecule has 0 bridgehead atoms. The average molecular weight is 297 g/mol. The van der Waals surface area contributed by atoms with Crippen LogP contribution in [0.4, 0.5) is 0 Å². The van der Waals surface area contributed by atoms with Gasteiger partial charge in [0.05, 0.1) is 0 Å². The molecular weight excluding hydrogens is 274 g/mol. The van der Waals surface area contributed by atoms with Crippen molar-refractivity contribution in [3.8, 4) is 0 Å². The van der Waals surface area contributed by atoms with Crippen LogP contribution in [0.1, 0.15) is 38.0 Å². The number of amides is 1. The molecule has 1 fully saturated rings. The van der Waals surface area contributed by atoms with Crippen molar-refractivity contribution >= 4 is 29.0 Å². The van der Waals surface area contributed by atoms with Gasteiger partial charge in [-0.1, -0.05) is 19.9 Å². The highest BCUT2D eigenvalue weighted by atomic mass is 32.2. The molecule has 2 heterocycles. The molecule has 2 rings (SSSR count). The summed E-state index contributed by atoms with van der Waals surface area (Å²) in [7, 11) is 0. The SMILES string of the molecule is CC1(C)CCN(C(=O)CCCc2cccs2)CCS1. The first kappa shape index (κ1) is 14.9. The Bertz CT molecular complexity index is 400. The fourth-order valence-corrected chi connectivity index (χ4v) is 4.15. The second kappa shape index (κ2) is 6.80. The van der Waals surface area contributed by atoms with E-state index in [1.54, 1.807) is 11.3 Å². The Kier molecular flexibility index (Phi) is 5.34. The summed E-state index contributed by atoms with van der Waals surface area (Å²) in [6, 6.07) is 4.23. The molecule has 4 heteroatoms. The van der Waals surface area contributed by atoms with Gasteiger partial charge < -0.3 is 4.90 Å². The second-order valence-electron chi connectivity index (χ2n) is 5.67. The topological polar surface area (TPSA) is 20.3 Å². The lowest BCUT2D eigenvalue weighted by Gasteiger charge is -2.22. The summed E-state index contributed by atoms with van der Waals surface area (Å²) in [4.78, 5) is 15.7. The van der Waals surface area contributed by atoms with Crippen LogP contribution in [0.15, 0.2) is 17.5 Å². The molecule has 0 unspecified atom stereocenters. The number of carbonyl (C=O) groups excluding carboxylic acids is 1. The van der Waals surface area contributed by atoms with Crippen molar-refractivity contribution in [3.63, 3.8) is 0 Å². The maximum absolute atomic E-state index is 12.2. The fourth-order valence-electron chi connectivity index (χ4n) is 2.30. The molecule has 1 aliphatic rings. The van der Waals surface area contributed by atoms with Crippen LogP contribution < -0.4 is 0 Å². The predicted molar refractivity (Wildman–Crippen MR) is 85.0 cm³/mol. The van der Waals surface area contributed by atoms with Crippen LogP contribution in [-0.2, 0) is 11.2 Å². The molecule has 1 amide bonds. The highest BCUT2D eigenvalue weighted by molar-refractivity contribution is 8.00. The molecule has 1 aromatic heterocycles. The van der Waals surface area contributed by atoms with Gasteiger partial charge in [-0.3, -0.25) is 4.79 Å². The van der Waals surface area contributed by atoms with E-state index in [2.05, 4.69) is 36.3 Å². The van der Waals surface area contributed by atoms with Crippen LogP contribution in [0, 0.1) is 0 Å². The quantitative estimate of drug-likeness (QED) is 0.842. The van der Waals surface area contributed by atoms with Gasteiger partial charge in [-0.2, -0.15) is 11.8 Å².